The summed E-state index contributed by atoms with van der Waals surface area (Å²) < 4.78 is 27.7. The summed E-state index contributed by atoms with van der Waals surface area (Å²) in [6.45, 7) is 6.13. The molecule has 2 N–H and O–H groups in total. The summed E-state index contributed by atoms with van der Waals surface area (Å²) in [5.41, 5.74) is 1.96. The summed E-state index contributed by atoms with van der Waals surface area (Å²) in [4.78, 5) is 43.5. The molecule has 10 heteroatoms. The molecule has 0 aliphatic carbocycles. The average molecular weight is 550 g/mol. The number of carbonyl (C=O) groups is 3. The number of carbonyl (C=O) groups excluding carboxylic acids is 3. The van der Waals surface area contributed by atoms with E-state index in [1.165, 1.54) is 47.4 Å². The van der Waals surface area contributed by atoms with Gasteiger partial charge >= 0.3 is 6.03 Å². The van der Waals surface area contributed by atoms with E-state index in [0.717, 1.165) is 5.69 Å². The maximum Gasteiger partial charge on any atom is 0.317 e. The van der Waals surface area contributed by atoms with Gasteiger partial charge in [0.2, 0.25) is 5.91 Å². The Morgan fingerprint density at radius 1 is 0.875 bits per heavy atom. The SMILES string of the molecule is CC(C)NC(=O)N1CCN(c2ccc(NC(=O)CN(Cc3ccc(F)cc3)C(=O)c3ccccc3F)cc2)CC1. The second-order valence-corrected chi connectivity index (χ2v) is 9.94. The smallest absolute Gasteiger partial charge is 0.317 e. The van der Waals surface area contributed by atoms with Crippen molar-refractivity contribution in [2.24, 2.45) is 0 Å². The van der Waals surface area contributed by atoms with Crippen molar-refractivity contribution in [2.45, 2.75) is 26.4 Å². The molecule has 1 aliphatic rings. The molecule has 0 spiro atoms. The lowest BCUT2D eigenvalue weighted by molar-refractivity contribution is -0.117. The first-order chi connectivity index (χ1) is 19.2. The van der Waals surface area contributed by atoms with Crippen LogP contribution in [-0.2, 0) is 11.3 Å². The summed E-state index contributed by atoms with van der Waals surface area (Å²) in [5.74, 6) is -2.21. The second-order valence-electron chi connectivity index (χ2n) is 9.94. The number of anilines is 2. The Morgan fingerprint density at radius 2 is 1.52 bits per heavy atom. The van der Waals surface area contributed by atoms with E-state index >= 15 is 0 Å². The highest BCUT2D eigenvalue weighted by Crippen LogP contribution is 2.20. The Morgan fingerprint density at radius 3 is 2.15 bits per heavy atom. The number of halogens is 2. The van der Waals surface area contributed by atoms with Gasteiger partial charge in [-0.25, -0.2) is 13.6 Å². The van der Waals surface area contributed by atoms with Crippen molar-refractivity contribution >= 4 is 29.2 Å². The van der Waals surface area contributed by atoms with Gasteiger partial charge in [0.15, 0.2) is 0 Å². The lowest BCUT2D eigenvalue weighted by atomic mass is 10.1. The van der Waals surface area contributed by atoms with Gasteiger partial charge in [0, 0.05) is 50.1 Å². The molecular weight excluding hydrogens is 516 g/mol. The van der Waals surface area contributed by atoms with E-state index in [2.05, 4.69) is 15.5 Å². The van der Waals surface area contributed by atoms with Gasteiger partial charge in [-0.2, -0.15) is 0 Å². The molecule has 3 aromatic carbocycles. The summed E-state index contributed by atoms with van der Waals surface area (Å²) in [7, 11) is 0. The number of amides is 4. The fourth-order valence-electron chi connectivity index (χ4n) is 4.45. The third-order valence-electron chi connectivity index (χ3n) is 6.51. The molecule has 1 heterocycles. The lowest BCUT2D eigenvalue weighted by Gasteiger charge is -2.36. The van der Waals surface area contributed by atoms with Crippen LogP contribution in [0, 0.1) is 11.6 Å². The molecule has 0 atom stereocenters. The van der Waals surface area contributed by atoms with Crippen molar-refractivity contribution in [2.75, 3.05) is 42.9 Å². The second kappa shape index (κ2) is 13.1. The third kappa shape index (κ3) is 7.56. The number of nitrogens with zero attached hydrogens (tertiary/aromatic N) is 3. The van der Waals surface area contributed by atoms with Crippen LogP contribution in [0.25, 0.3) is 0 Å². The predicted molar refractivity (Wildman–Crippen MR) is 150 cm³/mol. The van der Waals surface area contributed by atoms with Crippen LogP contribution in [0.4, 0.5) is 25.0 Å². The van der Waals surface area contributed by atoms with E-state index in [1.54, 1.807) is 23.1 Å². The minimum atomic E-state index is -0.686. The highest BCUT2D eigenvalue weighted by Gasteiger charge is 2.23. The fourth-order valence-corrected chi connectivity index (χ4v) is 4.45. The monoisotopic (exact) mass is 549 g/mol. The molecule has 8 nitrogen and oxygen atoms in total. The van der Waals surface area contributed by atoms with Gasteiger partial charge in [0.25, 0.3) is 5.91 Å². The van der Waals surface area contributed by atoms with E-state index in [-0.39, 0.29) is 30.7 Å². The normalized spacial score (nSPS) is 13.2. The van der Waals surface area contributed by atoms with E-state index in [9.17, 15) is 23.2 Å². The Labute approximate surface area is 232 Å². The molecular formula is C30H33F2N5O3. The van der Waals surface area contributed by atoms with Gasteiger partial charge < -0.3 is 25.3 Å². The number of piperazine rings is 1. The molecule has 4 rings (SSSR count). The van der Waals surface area contributed by atoms with E-state index in [1.807, 2.05) is 26.0 Å². The van der Waals surface area contributed by atoms with Gasteiger partial charge in [0.1, 0.15) is 18.2 Å². The number of rotatable bonds is 8. The van der Waals surface area contributed by atoms with Crippen LogP contribution in [0.15, 0.2) is 72.8 Å². The van der Waals surface area contributed by atoms with E-state index in [0.29, 0.717) is 37.4 Å². The number of urea groups is 1. The van der Waals surface area contributed by atoms with Gasteiger partial charge in [0.05, 0.1) is 5.56 Å². The Hall–Kier alpha value is -4.47. The van der Waals surface area contributed by atoms with Crippen molar-refractivity contribution < 1.29 is 23.2 Å². The number of nitrogens with one attached hydrogen (secondary N) is 2. The molecule has 1 fully saturated rings. The maximum atomic E-state index is 14.4. The van der Waals surface area contributed by atoms with E-state index in [4.69, 9.17) is 0 Å². The summed E-state index contributed by atoms with van der Waals surface area (Å²) in [6.07, 6.45) is 0. The van der Waals surface area contributed by atoms with Crippen molar-refractivity contribution in [1.82, 2.24) is 15.1 Å². The molecule has 210 valence electrons. The molecule has 0 radical (unpaired) electrons. The summed E-state index contributed by atoms with van der Waals surface area (Å²) >= 11 is 0. The van der Waals surface area contributed by atoms with Crippen LogP contribution in [-0.4, -0.2) is 66.4 Å². The van der Waals surface area contributed by atoms with Gasteiger partial charge in [-0.1, -0.05) is 24.3 Å². The molecule has 40 heavy (non-hydrogen) atoms. The standard InChI is InChI=1S/C30H33F2N5O3/c1-21(2)33-30(40)36-17-15-35(16-18-36)25-13-11-24(12-14-25)34-28(38)20-37(19-22-7-9-23(31)10-8-22)29(39)26-5-3-4-6-27(26)32/h3-14,21H,15-20H2,1-2H3,(H,33,40)(H,34,38). The van der Waals surface area contributed by atoms with Gasteiger partial charge in [-0.15, -0.1) is 0 Å². The van der Waals surface area contributed by atoms with Crippen LogP contribution in [0.1, 0.15) is 29.8 Å². The molecule has 0 saturated carbocycles. The first-order valence-electron chi connectivity index (χ1n) is 13.2. The molecule has 0 bridgehead atoms. The average Bonchev–Trinajstić information content (AvgIpc) is 2.94. The highest BCUT2D eigenvalue weighted by atomic mass is 19.1. The zero-order valence-electron chi connectivity index (χ0n) is 22.6. The van der Waals surface area contributed by atoms with Crippen LogP contribution >= 0.6 is 0 Å². The lowest BCUT2D eigenvalue weighted by Crippen LogP contribution is -2.52. The minimum Gasteiger partial charge on any atom is -0.368 e. The van der Waals surface area contributed by atoms with Crippen molar-refractivity contribution in [3.63, 3.8) is 0 Å². The number of benzene rings is 3. The quantitative estimate of drug-likeness (QED) is 0.434. The molecule has 1 aliphatic heterocycles. The Kier molecular flexibility index (Phi) is 9.31. The summed E-state index contributed by atoms with van der Waals surface area (Å²) in [6, 6.07) is 18.5. The first kappa shape index (κ1) is 28.5. The molecule has 0 unspecified atom stereocenters. The first-order valence-corrected chi connectivity index (χ1v) is 13.2. The summed E-state index contributed by atoms with van der Waals surface area (Å²) in [5, 5.41) is 5.70. The topological polar surface area (TPSA) is 85.0 Å². The van der Waals surface area contributed by atoms with Gasteiger partial charge in [-0.3, -0.25) is 9.59 Å². The highest BCUT2D eigenvalue weighted by molar-refractivity contribution is 5.99. The molecule has 3 aromatic rings. The molecule has 1 saturated heterocycles. The predicted octanol–water partition coefficient (Wildman–Crippen LogP) is 4.49. The van der Waals surface area contributed by atoms with Gasteiger partial charge in [-0.05, 0) is 67.9 Å². The minimum absolute atomic E-state index is 0.000967. The van der Waals surface area contributed by atoms with Crippen molar-refractivity contribution in [1.29, 1.82) is 0 Å². The Balaban J connectivity index is 1.38. The Bertz CT molecular complexity index is 1320. The van der Waals surface area contributed by atoms with Crippen molar-refractivity contribution in [3.8, 4) is 0 Å². The van der Waals surface area contributed by atoms with Crippen LogP contribution in [0.5, 0.6) is 0 Å². The number of hydrogen-bond donors (Lipinski definition) is 2. The van der Waals surface area contributed by atoms with Crippen molar-refractivity contribution in [3.05, 3.63) is 95.6 Å². The third-order valence-corrected chi connectivity index (χ3v) is 6.51. The fraction of sp³-hybridized carbons (Fsp3) is 0.300. The van der Waals surface area contributed by atoms with Crippen LogP contribution < -0.4 is 15.5 Å². The zero-order valence-corrected chi connectivity index (χ0v) is 22.6. The molecule has 4 amide bonds. The van der Waals surface area contributed by atoms with Crippen LogP contribution in [0.2, 0.25) is 0 Å². The molecule has 0 aromatic heterocycles. The zero-order chi connectivity index (χ0) is 28.6. The maximum absolute atomic E-state index is 14.4. The number of hydrogen-bond acceptors (Lipinski definition) is 4. The largest absolute Gasteiger partial charge is 0.368 e. The van der Waals surface area contributed by atoms with Crippen LogP contribution in [0.3, 0.4) is 0 Å². The van der Waals surface area contributed by atoms with E-state index < -0.39 is 23.4 Å².